The molecular formula is C11H17N3O8. The molecule has 5 aliphatic rings. The summed E-state index contributed by atoms with van der Waals surface area (Å²) in [7, 11) is 0. The molecule has 4 bridgehead atoms. The van der Waals surface area contributed by atoms with Gasteiger partial charge in [0, 0.05) is 0 Å². The summed E-state index contributed by atoms with van der Waals surface area (Å²) in [6.07, 6.45) is -7.77. The second kappa shape index (κ2) is 3.88. The molecule has 1 aliphatic carbocycles. The number of aliphatic hydroxyl groups excluding tert-OH is 4. The van der Waals surface area contributed by atoms with Gasteiger partial charge in [0.15, 0.2) is 18.3 Å². The fourth-order valence-corrected chi connectivity index (χ4v) is 4.24. The van der Waals surface area contributed by atoms with Crippen LogP contribution in [0.5, 0.6) is 0 Å². The molecule has 124 valence electrons. The van der Waals surface area contributed by atoms with Gasteiger partial charge in [0.1, 0.15) is 29.5 Å². The molecule has 0 unspecified atom stereocenters. The van der Waals surface area contributed by atoms with Crippen LogP contribution >= 0.6 is 0 Å². The van der Waals surface area contributed by atoms with E-state index in [2.05, 4.69) is 10.3 Å². The molecule has 3 saturated heterocycles. The van der Waals surface area contributed by atoms with Crippen molar-refractivity contribution in [3.63, 3.8) is 0 Å². The van der Waals surface area contributed by atoms with Crippen molar-refractivity contribution >= 4 is 5.96 Å². The molecular weight excluding hydrogens is 302 g/mol. The van der Waals surface area contributed by atoms with Crippen molar-refractivity contribution in [1.82, 2.24) is 5.32 Å². The van der Waals surface area contributed by atoms with Crippen LogP contribution in [0.1, 0.15) is 0 Å². The molecule has 11 heteroatoms. The lowest BCUT2D eigenvalue weighted by atomic mass is 9.55. The Morgan fingerprint density at radius 2 is 1.82 bits per heavy atom. The predicted molar refractivity (Wildman–Crippen MR) is 65.7 cm³/mol. The Kier molecular flexibility index (Phi) is 2.57. The van der Waals surface area contributed by atoms with E-state index in [9.17, 15) is 30.6 Å². The molecule has 11 nitrogen and oxygen atoms in total. The summed E-state index contributed by atoms with van der Waals surface area (Å²) in [5, 5.41) is 64.3. The molecule has 0 radical (unpaired) electrons. The fraction of sp³-hybridized carbons (Fsp3) is 0.909. The first-order valence-corrected chi connectivity index (χ1v) is 6.77. The Labute approximate surface area is 123 Å². The third-order valence-corrected chi connectivity index (χ3v) is 5.22. The minimum Gasteiger partial charge on any atom is -0.393 e. The Balaban J connectivity index is 1.95. The van der Waals surface area contributed by atoms with Crippen LogP contribution < -0.4 is 11.1 Å². The minimum atomic E-state index is -2.52. The second-order valence-corrected chi connectivity index (χ2v) is 6.22. The molecule has 5 rings (SSSR count). The smallest absolute Gasteiger partial charge is 0.311 e. The van der Waals surface area contributed by atoms with Crippen molar-refractivity contribution in [1.29, 1.82) is 0 Å². The summed E-state index contributed by atoms with van der Waals surface area (Å²) in [6, 6.07) is 0. The second-order valence-electron chi connectivity index (χ2n) is 6.22. The normalized spacial score (nSPS) is 62.4. The molecule has 22 heavy (non-hydrogen) atoms. The average Bonchev–Trinajstić information content (AvgIpc) is 2.45. The maximum atomic E-state index is 10.6. The van der Waals surface area contributed by atoms with Crippen molar-refractivity contribution in [3.8, 4) is 0 Å². The molecule has 0 aromatic carbocycles. The number of aliphatic imine (C=N–C) groups is 1. The van der Waals surface area contributed by atoms with E-state index in [0.717, 1.165) is 0 Å². The Bertz CT molecular complexity index is 561. The number of rotatable bonds is 1. The molecule has 4 heterocycles. The number of hydrogen-bond acceptors (Lipinski definition) is 11. The van der Waals surface area contributed by atoms with Crippen molar-refractivity contribution in [2.75, 3.05) is 6.61 Å². The fourth-order valence-electron chi connectivity index (χ4n) is 4.24. The van der Waals surface area contributed by atoms with Crippen LogP contribution in [0.4, 0.5) is 0 Å². The summed E-state index contributed by atoms with van der Waals surface area (Å²) >= 11 is 0. The van der Waals surface area contributed by atoms with Gasteiger partial charge in [-0.15, -0.1) is 0 Å². The van der Waals surface area contributed by atoms with Crippen LogP contribution in [-0.4, -0.2) is 91.0 Å². The summed E-state index contributed by atoms with van der Waals surface area (Å²) in [6.45, 7) is -0.857. The van der Waals surface area contributed by atoms with Gasteiger partial charge in [-0.25, -0.2) is 4.99 Å². The van der Waals surface area contributed by atoms with Gasteiger partial charge in [0.2, 0.25) is 0 Å². The van der Waals surface area contributed by atoms with E-state index in [1.165, 1.54) is 0 Å². The van der Waals surface area contributed by atoms with Crippen LogP contribution in [0, 0.1) is 5.92 Å². The topological polar surface area (TPSA) is 190 Å². The van der Waals surface area contributed by atoms with Crippen molar-refractivity contribution in [3.05, 3.63) is 0 Å². The first kappa shape index (κ1) is 14.5. The summed E-state index contributed by atoms with van der Waals surface area (Å²) in [4.78, 5) is 3.70. The number of nitrogens with one attached hydrogen (secondary N) is 1. The Hall–Kier alpha value is -1.05. The number of guanidine groups is 1. The van der Waals surface area contributed by atoms with Crippen LogP contribution in [0.2, 0.25) is 0 Å². The first-order valence-electron chi connectivity index (χ1n) is 6.77. The van der Waals surface area contributed by atoms with E-state index >= 15 is 0 Å². The molecule has 9 atom stereocenters. The highest BCUT2D eigenvalue weighted by Crippen LogP contribution is 2.58. The van der Waals surface area contributed by atoms with Gasteiger partial charge in [-0.1, -0.05) is 0 Å². The van der Waals surface area contributed by atoms with Gasteiger partial charge in [-0.2, -0.15) is 0 Å². The van der Waals surface area contributed by atoms with E-state index in [1.807, 2.05) is 0 Å². The molecule has 4 aliphatic heterocycles. The molecule has 1 spiro atoms. The van der Waals surface area contributed by atoms with Crippen LogP contribution in [0.25, 0.3) is 0 Å². The number of aliphatic hydroxyl groups is 6. The SMILES string of the molecule is NC1=N[C@@H](O)[C@@H]2[C@H]3O[C@]4(O)O[C@@H]([C@@H](O)[C@@]2(N1)[C@@H]4O)[C@]3(O)CO. The molecule has 9 N–H and O–H groups in total. The number of nitrogens with zero attached hydrogens (tertiary/aromatic N) is 1. The monoisotopic (exact) mass is 319 g/mol. The standard InChI is InChI=1S/C11H17N3O8/c12-8-13-6(17)2-4-9(19,1-15)5-3(16)10(2,14-8)7(18)11(20,21-4)22-5/h2-7,15-20H,1H2,(H3,12,13,14)/t2-,3+,4+,5-,6-,7-,9-,10+,11-/m0/s1. The van der Waals surface area contributed by atoms with Gasteiger partial charge in [-0.3, -0.25) is 0 Å². The van der Waals surface area contributed by atoms with Crippen molar-refractivity contribution in [2.45, 2.75) is 47.8 Å². The van der Waals surface area contributed by atoms with Crippen molar-refractivity contribution < 1.29 is 40.1 Å². The number of nitrogens with two attached hydrogens (primary N) is 1. The maximum absolute atomic E-state index is 10.6. The van der Waals surface area contributed by atoms with Gasteiger partial charge in [0.05, 0.1) is 12.5 Å². The minimum absolute atomic E-state index is 0.250. The van der Waals surface area contributed by atoms with E-state index in [0.29, 0.717) is 0 Å². The average molecular weight is 319 g/mol. The van der Waals surface area contributed by atoms with Crippen LogP contribution in [0.3, 0.4) is 0 Å². The number of ether oxygens (including phenoxy) is 2. The van der Waals surface area contributed by atoms with Crippen LogP contribution in [-0.2, 0) is 9.47 Å². The predicted octanol–water partition coefficient (Wildman–Crippen LogP) is -5.52. The number of hydrogen-bond donors (Lipinski definition) is 8. The molecule has 1 saturated carbocycles. The quantitative estimate of drug-likeness (QED) is 0.231. The lowest BCUT2D eigenvalue weighted by Gasteiger charge is -2.71. The maximum Gasteiger partial charge on any atom is 0.311 e. The molecule has 0 aromatic heterocycles. The molecule has 0 amide bonds. The summed E-state index contributed by atoms with van der Waals surface area (Å²) < 4.78 is 10.3. The van der Waals surface area contributed by atoms with Gasteiger partial charge in [0.25, 0.3) is 0 Å². The highest BCUT2D eigenvalue weighted by molar-refractivity contribution is 5.80. The van der Waals surface area contributed by atoms with E-state index < -0.39 is 60.3 Å². The zero-order valence-electron chi connectivity index (χ0n) is 11.2. The Morgan fingerprint density at radius 1 is 1.18 bits per heavy atom. The van der Waals surface area contributed by atoms with Crippen LogP contribution in [0.15, 0.2) is 4.99 Å². The third-order valence-electron chi connectivity index (χ3n) is 5.22. The van der Waals surface area contributed by atoms with Gasteiger partial charge < -0.3 is 51.2 Å². The zero-order chi connectivity index (χ0) is 16.1. The van der Waals surface area contributed by atoms with E-state index in [4.69, 9.17) is 15.2 Å². The van der Waals surface area contributed by atoms with Gasteiger partial charge >= 0.3 is 5.97 Å². The van der Waals surface area contributed by atoms with Gasteiger partial charge in [-0.05, 0) is 0 Å². The molecule has 0 aromatic rings. The third kappa shape index (κ3) is 1.28. The van der Waals surface area contributed by atoms with Crippen molar-refractivity contribution in [2.24, 2.45) is 16.6 Å². The largest absolute Gasteiger partial charge is 0.393 e. The zero-order valence-corrected chi connectivity index (χ0v) is 11.2. The Morgan fingerprint density at radius 3 is 2.45 bits per heavy atom. The van der Waals surface area contributed by atoms with E-state index in [1.54, 1.807) is 0 Å². The molecule has 4 fully saturated rings. The lowest BCUT2D eigenvalue weighted by Crippen LogP contribution is -2.95. The summed E-state index contributed by atoms with van der Waals surface area (Å²) in [5.41, 5.74) is 1.74. The van der Waals surface area contributed by atoms with E-state index in [-0.39, 0.29) is 5.96 Å². The highest BCUT2D eigenvalue weighted by Gasteiger charge is 2.82. The first-order chi connectivity index (χ1) is 10.2. The lowest BCUT2D eigenvalue weighted by molar-refractivity contribution is -0.548. The summed E-state index contributed by atoms with van der Waals surface area (Å²) in [5.74, 6) is -3.95. The highest BCUT2D eigenvalue weighted by atomic mass is 16.9.